The standard InChI is InChI=1S/C15H16N2O2S/c1-11-15(12(2)19-17-11)10-20-8-7-18-14-5-3-13(9-16)4-6-14/h3-6H,7-8,10H2,1-2H3. The molecule has 0 spiro atoms. The molecule has 0 saturated carbocycles. The van der Waals surface area contributed by atoms with Crippen LogP contribution in [0.1, 0.15) is 22.6 Å². The van der Waals surface area contributed by atoms with Gasteiger partial charge in [0.25, 0.3) is 0 Å². The number of thioether (sulfide) groups is 1. The molecule has 5 heteroatoms. The number of hydrogen-bond acceptors (Lipinski definition) is 5. The van der Waals surface area contributed by atoms with Gasteiger partial charge < -0.3 is 9.26 Å². The van der Waals surface area contributed by atoms with Gasteiger partial charge in [0.1, 0.15) is 11.5 Å². The molecule has 0 radical (unpaired) electrons. The first-order chi connectivity index (χ1) is 9.70. The summed E-state index contributed by atoms with van der Waals surface area (Å²) in [5.41, 5.74) is 2.78. The minimum Gasteiger partial charge on any atom is -0.493 e. The first-order valence-corrected chi connectivity index (χ1v) is 7.48. The number of hydrogen-bond donors (Lipinski definition) is 0. The average molecular weight is 288 g/mol. The van der Waals surface area contributed by atoms with Gasteiger partial charge in [-0.2, -0.15) is 17.0 Å². The Labute approximate surface area is 122 Å². The number of ether oxygens (including phenoxy) is 1. The lowest BCUT2D eigenvalue weighted by Crippen LogP contribution is -2.00. The molecule has 20 heavy (non-hydrogen) atoms. The lowest BCUT2D eigenvalue weighted by molar-refractivity contribution is 0.344. The van der Waals surface area contributed by atoms with Crippen LogP contribution in [0.2, 0.25) is 0 Å². The number of benzene rings is 1. The maximum Gasteiger partial charge on any atom is 0.137 e. The predicted octanol–water partition coefficient (Wildman–Crippen LogP) is 3.48. The highest BCUT2D eigenvalue weighted by Crippen LogP contribution is 2.19. The SMILES string of the molecule is Cc1noc(C)c1CSCCOc1ccc(C#N)cc1. The Morgan fingerprint density at radius 3 is 2.65 bits per heavy atom. The summed E-state index contributed by atoms with van der Waals surface area (Å²) in [5.74, 6) is 3.46. The number of nitrogens with zero attached hydrogens (tertiary/aromatic N) is 2. The van der Waals surface area contributed by atoms with Crippen molar-refractivity contribution >= 4 is 11.8 Å². The molecule has 2 rings (SSSR count). The second-order valence-corrected chi connectivity index (χ2v) is 5.45. The zero-order valence-corrected chi connectivity index (χ0v) is 12.4. The normalized spacial score (nSPS) is 10.2. The molecule has 0 aliphatic carbocycles. The number of aromatic nitrogens is 1. The van der Waals surface area contributed by atoms with Gasteiger partial charge in [0.05, 0.1) is 23.9 Å². The van der Waals surface area contributed by atoms with Crippen molar-refractivity contribution in [1.29, 1.82) is 5.26 Å². The van der Waals surface area contributed by atoms with E-state index in [1.54, 1.807) is 23.9 Å². The van der Waals surface area contributed by atoms with E-state index in [0.29, 0.717) is 12.2 Å². The first-order valence-electron chi connectivity index (χ1n) is 6.33. The van der Waals surface area contributed by atoms with Crippen molar-refractivity contribution in [2.75, 3.05) is 12.4 Å². The zero-order chi connectivity index (χ0) is 14.4. The Hall–Kier alpha value is -1.93. The van der Waals surface area contributed by atoms with Crippen molar-refractivity contribution < 1.29 is 9.26 Å². The molecule has 0 aliphatic rings. The number of aryl methyl sites for hydroxylation is 2. The van der Waals surface area contributed by atoms with E-state index in [4.69, 9.17) is 14.5 Å². The molecule has 2 aromatic rings. The number of nitriles is 1. The predicted molar refractivity (Wildman–Crippen MR) is 78.8 cm³/mol. The Morgan fingerprint density at radius 1 is 1.30 bits per heavy atom. The van der Waals surface area contributed by atoms with Gasteiger partial charge in [-0.3, -0.25) is 0 Å². The third-order valence-corrected chi connectivity index (χ3v) is 3.86. The molecule has 0 saturated heterocycles. The largest absolute Gasteiger partial charge is 0.493 e. The van der Waals surface area contributed by atoms with Crippen molar-refractivity contribution in [1.82, 2.24) is 5.16 Å². The average Bonchev–Trinajstić information content (AvgIpc) is 2.79. The minimum atomic E-state index is 0.639. The smallest absolute Gasteiger partial charge is 0.137 e. The van der Waals surface area contributed by atoms with Gasteiger partial charge in [0.2, 0.25) is 0 Å². The first kappa shape index (κ1) is 14.5. The summed E-state index contributed by atoms with van der Waals surface area (Å²) in [4.78, 5) is 0. The quantitative estimate of drug-likeness (QED) is 0.762. The highest BCUT2D eigenvalue weighted by molar-refractivity contribution is 7.98. The second kappa shape index (κ2) is 7.01. The summed E-state index contributed by atoms with van der Waals surface area (Å²) >= 11 is 1.79. The second-order valence-electron chi connectivity index (χ2n) is 4.34. The molecule has 1 aromatic heterocycles. The third kappa shape index (κ3) is 3.78. The van der Waals surface area contributed by atoms with Gasteiger partial charge in [-0.1, -0.05) is 5.16 Å². The van der Waals surface area contributed by atoms with Gasteiger partial charge >= 0.3 is 0 Å². The van der Waals surface area contributed by atoms with Crippen LogP contribution < -0.4 is 4.74 Å². The van der Waals surface area contributed by atoms with E-state index in [9.17, 15) is 0 Å². The summed E-state index contributed by atoms with van der Waals surface area (Å²) in [5, 5.41) is 12.6. The molecule has 4 nitrogen and oxygen atoms in total. The molecule has 104 valence electrons. The van der Waals surface area contributed by atoms with Crippen LogP contribution in [-0.2, 0) is 5.75 Å². The maximum absolute atomic E-state index is 8.70. The Kier molecular flexibility index (Phi) is 5.08. The van der Waals surface area contributed by atoms with E-state index >= 15 is 0 Å². The van der Waals surface area contributed by atoms with E-state index in [0.717, 1.165) is 28.7 Å². The summed E-state index contributed by atoms with van der Waals surface area (Å²) in [6, 6.07) is 9.23. The van der Waals surface area contributed by atoms with Crippen LogP contribution >= 0.6 is 11.8 Å². The molecule has 0 bridgehead atoms. The molecule has 0 unspecified atom stereocenters. The van der Waals surface area contributed by atoms with Gasteiger partial charge in [0, 0.05) is 17.1 Å². The zero-order valence-electron chi connectivity index (χ0n) is 11.5. The lowest BCUT2D eigenvalue weighted by Gasteiger charge is -2.06. The van der Waals surface area contributed by atoms with Crippen molar-refractivity contribution in [2.45, 2.75) is 19.6 Å². The fourth-order valence-corrected chi connectivity index (χ4v) is 2.69. The summed E-state index contributed by atoms with van der Waals surface area (Å²) in [7, 11) is 0. The molecular weight excluding hydrogens is 272 g/mol. The van der Waals surface area contributed by atoms with E-state index < -0.39 is 0 Å². The van der Waals surface area contributed by atoms with Crippen LogP contribution in [-0.4, -0.2) is 17.5 Å². The van der Waals surface area contributed by atoms with Crippen LogP contribution in [0.4, 0.5) is 0 Å². The molecule has 1 aromatic carbocycles. The van der Waals surface area contributed by atoms with E-state index in [1.165, 1.54) is 5.56 Å². The molecular formula is C15H16N2O2S. The topological polar surface area (TPSA) is 59.1 Å². The maximum atomic E-state index is 8.70. The Bertz CT molecular complexity index is 580. The van der Waals surface area contributed by atoms with Crippen LogP contribution in [0.5, 0.6) is 5.75 Å². The Balaban J connectivity index is 1.70. The van der Waals surface area contributed by atoms with E-state index in [1.807, 2.05) is 26.0 Å². The lowest BCUT2D eigenvalue weighted by atomic mass is 10.2. The van der Waals surface area contributed by atoms with Crippen molar-refractivity contribution in [3.63, 3.8) is 0 Å². The Morgan fingerprint density at radius 2 is 2.05 bits per heavy atom. The monoisotopic (exact) mass is 288 g/mol. The molecule has 0 aliphatic heterocycles. The number of rotatable bonds is 6. The van der Waals surface area contributed by atoms with Crippen LogP contribution in [0, 0.1) is 25.2 Å². The van der Waals surface area contributed by atoms with Crippen LogP contribution in [0.25, 0.3) is 0 Å². The molecule has 0 atom stereocenters. The van der Waals surface area contributed by atoms with Crippen LogP contribution in [0.3, 0.4) is 0 Å². The summed E-state index contributed by atoms with van der Waals surface area (Å²) in [6.45, 7) is 4.53. The molecule has 1 heterocycles. The van der Waals surface area contributed by atoms with E-state index in [2.05, 4.69) is 11.2 Å². The fraction of sp³-hybridized carbons (Fsp3) is 0.333. The minimum absolute atomic E-state index is 0.639. The van der Waals surface area contributed by atoms with Crippen molar-refractivity contribution in [3.05, 3.63) is 46.8 Å². The summed E-state index contributed by atoms with van der Waals surface area (Å²) in [6.07, 6.45) is 0. The van der Waals surface area contributed by atoms with Crippen molar-refractivity contribution in [2.24, 2.45) is 0 Å². The van der Waals surface area contributed by atoms with Gasteiger partial charge in [0.15, 0.2) is 0 Å². The molecule has 0 amide bonds. The van der Waals surface area contributed by atoms with Gasteiger partial charge in [-0.15, -0.1) is 0 Å². The van der Waals surface area contributed by atoms with Gasteiger partial charge in [-0.05, 0) is 38.1 Å². The fourth-order valence-electron chi connectivity index (χ4n) is 1.73. The molecule has 0 N–H and O–H groups in total. The van der Waals surface area contributed by atoms with E-state index in [-0.39, 0.29) is 0 Å². The third-order valence-electron chi connectivity index (χ3n) is 2.91. The van der Waals surface area contributed by atoms with Crippen LogP contribution in [0.15, 0.2) is 28.8 Å². The van der Waals surface area contributed by atoms with Gasteiger partial charge in [-0.25, -0.2) is 0 Å². The van der Waals surface area contributed by atoms with Crippen molar-refractivity contribution in [3.8, 4) is 11.8 Å². The summed E-state index contributed by atoms with van der Waals surface area (Å²) < 4.78 is 10.7. The highest BCUT2D eigenvalue weighted by Gasteiger charge is 2.08. The highest BCUT2D eigenvalue weighted by atomic mass is 32.2. The molecule has 0 fully saturated rings.